The van der Waals surface area contributed by atoms with Gasteiger partial charge < -0.3 is 20.2 Å². The van der Waals surface area contributed by atoms with Crippen LogP contribution in [0.3, 0.4) is 0 Å². The maximum Gasteiger partial charge on any atom is 0.252 e. The number of nitrogens with one attached hydrogen (secondary N) is 2. The number of benzene rings is 2. The Balaban J connectivity index is 1.68. The van der Waals surface area contributed by atoms with E-state index >= 15 is 0 Å². The molecule has 2 aromatic carbocycles. The lowest BCUT2D eigenvalue weighted by Crippen LogP contribution is -2.26. The topological polar surface area (TPSA) is 74.5 Å². The zero-order chi connectivity index (χ0) is 20.8. The van der Waals surface area contributed by atoms with Gasteiger partial charge in [0.25, 0.3) is 5.91 Å². The summed E-state index contributed by atoms with van der Waals surface area (Å²) < 4.78 is 5.95. The molecule has 1 heterocycles. The number of carbonyl (C=O) groups excluding carboxylic acids is 1. The van der Waals surface area contributed by atoms with Crippen molar-refractivity contribution in [2.75, 3.05) is 13.2 Å². The molecule has 29 heavy (non-hydrogen) atoms. The molecule has 0 fully saturated rings. The monoisotopic (exact) mass is 412 g/mol. The summed E-state index contributed by atoms with van der Waals surface area (Å²) in [5, 5.41) is 15.3. The second-order valence-electron chi connectivity index (χ2n) is 6.95. The Morgan fingerprint density at radius 2 is 1.90 bits per heavy atom. The van der Waals surface area contributed by atoms with Crippen LogP contribution in [0.5, 0.6) is 0 Å². The number of aliphatic hydroxyl groups is 1. The maximum absolute atomic E-state index is 12.2. The summed E-state index contributed by atoms with van der Waals surface area (Å²) in [7, 11) is 0. The van der Waals surface area contributed by atoms with Gasteiger partial charge in [-0.3, -0.25) is 4.79 Å². The number of furan rings is 1. The summed E-state index contributed by atoms with van der Waals surface area (Å²) in [6, 6.07) is 17.6. The number of aliphatic hydroxyl groups excluding tert-OH is 1. The third kappa shape index (κ3) is 5.48. The molecule has 6 heteroatoms. The maximum atomic E-state index is 12.2. The van der Waals surface area contributed by atoms with Gasteiger partial charge in [0.05, 0.1) is 23.7 Å². The first kappa shape index (κ1) is 21.1. The molecule has 0 bridgehead atoms. The highest BCUT2D eigenvalue weighted by atomic mass is 35.5. The molecule has 3 N–H and O–H groups in total. The van der Waals surface area contributed by atoms with E-state index in [2.05, 4.69) is 48.7 Å². The third-order valence-corrected chi connectivity index (χ3v) is 5.04. The minimum absolute atomic E-state index is 0.126. The van der Waals surface area contributed by atoms with E-state index in [9.17, 15) is 4.79 Å². The molecule has 1 atom stereocenters. The second-order valence-corrected chi connectivity index (χ2v) is 7.36. The highest BCUT2D eigenvalue weighted by Gasteiger charge is 2.14. The molecular weight excluding hydrogens is 388 g/mol. The molecule has 0 aliphatic carbocycles. The summed E-state index contributed by atoms with van der Waals surface area (Å²) in [5.74, 6) is 1.14. The number of rotatable bonds is 8. The molecule has 0 aliphatic rings. The SMILES string of the molecule is Cc1ccc(C(C)NCc2ccc(-c3ccc(Cl)c(C(=O)NCCO)c3)o2)cc1. The van der Waals surface area contributed by atoms with Crippen molar-refractivity contribution in [2.24, 2.45) is 0 Å². The molecule has 1 amide bonds. The van der Waals surface area contributed by atoms with Crippen LogP contribution in [0.4, 0.5) is 0 Å². The van der Waals surface area contributed by atoms with Gasteiger partial charge in [0.1, 0.15) is 11.5 Å². The summed E-state index contributed by atoms with van der Waals surface area (Å²) in [6.07, 6.45) is 0. The average molecular weight is 413 g/mol. The van der Waals surface area contributed by atoms with Crippen LogP contribution in [0.2, 0.25) is 5.02 Å². The molecule has 3 rings (SSSR count). The van der Waals surface area contributed by atoms with Crippen molar-refractivity contribution in [3.05, 3.63) is 82.1 Å². The first-order chi connectivity index (χ1) is 14.0. The number of hydrogen-bond acceptors (Lipinski definition) is 4. The van der Waals surface area contributed by atoms with Crippen LogP contribution in [0.25, 0.3) is 11.3 Å². The van der Waals surface area contributed by atoms with Crippen LogP contribution in [-0.2, 0) is 6.54 Å². The second kappa shape index (κ2) is 9.74. The Hall–Kier alpha value is -2.60. The van der Waals surface area contributed by atoms with Gasteiger partial charge in [-0.05, 0) is 49.7 Å². The summed E-state index contributed by atoms with van der Waals surface area (Å²) in [5.41, 5.74) is 3.57. The Morgan fingerprint density at radius 1 is 1.14 bits per heavy atom. The van der Waals surface area contributed by atoms with Crippen molar-refractivity contribution < 1.29 is 14.3 Å². The fourth-order valence-corrected chi connectivity index (χ4v) is 3.18. The van der Waals surface area contributed by atoms with Crippen molar-refractivity contribution in [3.8, 4) is 11.3 Å². The number of halogens is 1. The van der Waals surface area contributed by atoms with Crippen LogP contribution in [0.1, 0.15) is 40.2 Å². The fraction of sp³-hybridized carbons (Fsp3) is 0.261. The van der Waals surface area contributed by atoms with Crippen molar-refractivity contribution in [1.82, 2.24) is 10.6 Å². The van der Waals surface area contributed by atoms with E-state index < -0.39 is 0 Å². The largest absolute Gasteiger partial charge is 0.460 e. The minimum Gasteiger partial charge on any atom is -0.460 e. The van der Waals surface area contributed by atoms with Crippen LogP contribution >= 0.6 is 11.6 Å². The molecule has 152 valence electrons. The molecule has 3 aromatic rings. The average Bonchev–Trinajstić information content (AvgIpc) is 3.20. The van der Waals surface area contributed by atoms with E-state index in [1.807, 2.05) is 18.2 Å². The molecular formula is C23H25ClN2O3. The smallest absolute Gasteiger partial charge is 0.252 e. The Labute approximate surface area is 175 Å². The van der Waals surface area contributed by atoms with Gasteiger partial charge in [-0.15, -0.1) is 0 Å². The van der Waals surface area contributed by atoms with E-state index in [-0.39, 0.29) is 25.1 Å². The van der Waals surface area contributed by atoms with Gasteiger partial charge in [0.15, 0.2) is 0 Å². The summed E-state index contributed by atoms with van der Waals surface area (Å²) in [4.78, 5) is 12.2. The molecule has 1 unspecified atom stereocenters. The third-order valence-electron chi connectivity index (χ3n) is 4.71. The highest BCUT2D eigenvalue weighted by molar-refractivity contribution is 6.34. The first-order valence-corrected chi connectivity index (χ1v) is 9.93. The van der Waals surface area contributed by atoms with Crippen molar-refractivity contribution in [3.63, 3.8) is 0 Å². The van der Waals surface area contributed by atoms with Crippen LogP contribution in [0, 0.1) is 6.92 Å². The van der Waals surface area contributed by atoms with Crippen LogP contribution in [-0.4, -0.2) is 24.2 Å². The first-order valence-electron chi connectivity index (χ1n) is 9.55. The van der Waals surface area contributed by atoms with Gasteiger partial charge in [0, 0.05) is 18.2 Å². The Bertz CT molecular complexity index is 967. The predicted molar refractivity (Wildman–Crippen MR) is 115 cm³/mol. The van der Waals surface area contributed by atoms with Crippen molar-refractivity contribution in [1.29, 1.82) is 0 Å². The van der Waals surface area contributed by atoms with E-state index in [1.165, 1.54) is 11.1 Å². The fourth-order valence-electron chi connectivity index (χ4n) is 2.97. The van der Waals surface area contributed by atoms with E-state index in [0.29, 0.717) is 22.9 Å². The Kier molecular flexibility index (Phi) is 7.09. The molecule has 0 saturated heterocycles. The van der Waals surface area contributed by atoms with Gasteiger partial charge in [-0.25, -0.2) is 0 Å². The summed E-state index contributed by atoms with van der Waals surface area (Å²) in [6.45, 7) is 4.83. The zero-order valence-electron chi connectivity index (χ0n) is 16.5. The lowest BCUT2D eigenvalue weighted by atomic mass is 10.1. The molecule has 0 radical (unpaired) electrons. The summed E-state index contributed by atoms with van der Waals surface area (Å²) >= 11 is 6.15. The quantitative estimate of drug-likeness (QED) is 0.510. The van der Waals surface area contributed by atoms with E-state index in [0.717, 1.165) is 11.3 Å². The lowest BCUT2D eigenvalue weighted by molar-refractivity contribution is 0.0945. The van der Waals surface area contributed by atoms with Crippen molar-refractivity contribution in [2.45, 2.75) is 26.4 Å². The van der Waals surface area contributed by atoms with Gasteiger partial charge in [-0.1, -0.05) is 41.4 Å². The lowest BCUT2D eigenvalue weighted by Gasteiger charge is -2.13. The number of amides is 1. The van der Waals surface area contributed by atoms with Gasteiger partial charge in [0.2, 0.25) is 0 Å². The Morgan fingerprint density at radius 3 is 2.62 bits per heavy atom. The van der Waals surface area contributed by atoms with E-state index in [4.69, 9.17) is 21.1 Å². The number of aryl methyl sites for hydroxylation is 1. The highest BCUT2D eigenvalue weighted by Crippen LogP contribution is 2.27. The van der Waals surface area contributed by atoms with Gasteiger partial charge in [-0.2, -0.15) is 0 Å². The van der Waals surface area contributed by atoms with Gasteiger partial charge >= 0.3 is 0 Å². The van der Waals surface area contributed by atoms with E-state index in [1.54, 1.807) is 12.1 Å². The minimum atomic E-state index is -0.328. The number of carbonyl (C=O) groups is 1. The normalized spacial score (nSPS) is 12.0. The molecule has 0 spiro atoms. The molecule has 0 saturated carbocycles. The van der Waals surface area contributed by atoms with Crippen LogP contribution in [0.15, 0.2) is 59.0 Å². The van der Waals surface area contributed by atoms with Crippen LogP contribution < -0.4 is 10.6 Å². The zero-order valence-corrected chi connectivity index (χ0v) is 17.3. The number of hydrogen-bond donors (Lipinski definition) is 3. The molecule has 1 aromatic heterocycles. The van der Waals surface area contributed by atoms with Crippen molar-refractivity contribution >= 4 is 17.5 Å². The standard InChI is InChI=1S/C23H25ClN2O3/c1-15-3-5-17(6-4-15)16(2)26-14-19-8-10-22(29-19)18-7-9-21(24)20(13-18)23(28)25-11-12-27/h3-10,13,16,26-27H,11-12,14H2,1-2H3,(H,25,28). The molecule has 5 nitrogen and oxygen atoms in total. The molecule has 0 aliphatic heterocycles. The predicted octanol–water partition coefficient (Wildman–Crippen LogP) is 4.48.